The molecule has 1 N–H and O–H groups in total. The van der Waals surface area contributed by atoms with E-state index in [4.69, 9.17) is 21.1 Å². The minimum absolute atomic E-state index is 0.0595. The Balaban J connectivity index is 2.99. The first-order chi connectivity index (χ1) is 9.42. The van der Waals surface area contributed by atoms with Crippen LogP contribution in [-0.2, 0) is 14.3 Å². The first-order valence-electron chi connectivity index (χ1n) is 7.16. The van der Waals surface area contributed by atoms with Gasteiger partial charge in [-0.2, -0.15) is 0 Å². The Morgan fingerprint density at radius 3 is 2.29 bits per heavy atom. The molecule has 0 heterocycles. The van der Waals surface area contributed by atoms with Crippen molar-refractivity contribution in [2.45, 2.75) is 65.5 Å². The zero-order chi connectivity index (χ0) is 16.5. The van der Waals surface area contributed by atoms with Crippen molar-refractivity contribution in [3.8, 4) is 0 Å². The number of esters is 1. The fourth-order valence-corrected chi connectivity index (χ4v) is 3.26. The van der Waals surface area contributed by atoms with E-state index in [1.54, 1.807) is 20.8 Å². The van der Waals surface area contributed by atoms with Crippen LogP contribution >= 0.6 is 11.6 Å². The Hall–Kier alpha value is -0.970. The molecular formula is C15H26ClNO4. The Kier molecular flexibility index (Phi) is 5.19. The third-order valence-corrected chi connectivity index (χ3v) is 3.84. The molecule has 0 aromatic carbocycles. The molecule has 0 spiro atoms. The van der Waals surface area contributed by atoms with Crippen LogP contribution in [0, 0.1) is 11.3 Å². The van der Waals surface area contributed by atoms with Crippen LogP contribution in [0.15, 0.2) is 0 Å². The summed E-state index contributed by atoms with van der Waals surface area (Å²) >= 11 is 5.51. The lowest BCUT2D eigenvalue weighted by Gasteiger charge is -2.33. The molecule has 1 saturated carbocycles. The molecule has 122 valence electrons. The Bertz CT molecular complexity index is 416. The van der Waals surface area contributed by atoms with Gasteiger partial charge >= 0.3 is 12.1 Å². The largest absolute Gasteiger partial charge is 0.448 e. The zero-order valence-corrected chi connectivity index (χ0v) is 14.5. The molecule has 5 nitrogen and oxygen atoms in total. The summed E-state index contributed by atoms with van der Waals surface area (Å²) in [5.41, 5.74) is -1.78. The number of carbonyl (C=O) groups is 2. The SMILES string of the molecule is CC1CC(C)(C)CC1(NC(=O)OC(C)(C)C)C(=O)OCCl. The van der Waals surface area contributed by atoms with Gasteiger partial charge in [-0.25, -0.2) is 9.59 Å². The molecule has 21 heavy (non-hydrogen) atoms. The Labute approximate surface area is 131 Å². The molecular weight excluding hydrogens is 294 g/mol. The summed E-state index contributed by atoms with van der Waals surface area (Å²) in [5.74, 6) is -0.558. The lowest BCUT2D eigenvalue weighted by Crippen LogP contribution is -2.58. The molecule has 2 unspecified atom stereocenters. The number of hydrogen-bond donors (Lipinski definition) is 1. The number of rotatable bonds is 3. The molecule has 0 radical (unpaired) electrons. The molecule has 6 heteroatoms. The van der Waals surface area contributed by atoms with Crippen molar-refractivity contribution < 1.29 is 19.1 Å². The van der Waals surface area contributed by atoms with Crippen LogP contribution in [-0.4, -0.2) is 29.3 Å². The number of alkyl carbamates (subject to hydrolysis) is 1. The summed E-state index contributed by atoms with van der Waals surface area (Å²) in [6.45, 7) is 11.4. The van der Waals surface area contributed by atoms with E-state index in [2.05, 4.69) is 19.2 Å². The highest BCUT2D eigenvalue weighted by Crippen LogP contribution is 2.48. The van der Waals surface area contributed by atoms with Crippen molar-refractivity contribution in [1.29, 1.82) is 0 Å². The fourth-order valence-electron chi connectivity index (χ4n) is 3.16. The van der Waals surface area contributed by atoms with Gasteiger partial charge in [0.25, 0.3) is 0 Å². The molecule has 0 saturated heterocycles. The van der Waals surface area contributed by atoms with Gasteiger partial charge in [0.1, 0.15) is 11.1 Å². The monoisotopic (exact) mass is 319 g/mol. The highest BCUT2D eigenvalue weighted by atomic mass is 35.5. The molecule has 0 aliphatic heterocycles. The minimum atomic E-state index is -1.08. The number of halogens is 1. The summed E-state index contributed by atoms with van der Waals surface area (Å²) in [7, 11) is 0. The Morgan fingerprint density at radius 1 is 1.33 bits per heavy atom. The van der Waals surface area contributed by atoms with Crippen LogP contribution in [0.25, 0.3) is 0 Å². The molecule has 1 fully saturated rings. The quantitative estimate of drug-likeness (QED) is 0.639. The van der Waals surface area contributed by atoms with Crippen molar-refractivity contribution in [1.82, 2.24) is 5.32 Å². The van der Waals surface area contributed by atoms with Crippen LogP contribution in [0.1, 0.15) is 54.4 Å². The summed E-state index contributed by atoms with van der Waals surface area (Å²) < 4.78 is 10.3. The van der Waals surface area contributed by atoms with Crippen molar-refractivity contribution >= 4 is 23.7 Å². The highest BCUT2D eigenvalue weighted by Gasteiger charge is 2.56. The molecule has 1 rings (SSSR count). The van der Waals surface area contributed by atoms with Crippen LogP contribution in [0.2, 0.25) is 0 Å². The van der Waals surface area contributed by atoms with E-state index in [0.29, 0.717) is 6.42 Å². The molecule has 1 amide bonds. The van der Waals surface area contributed by atoms with E-state index in [9.17, 15) is 9.59 Å². The lowest BCUT2D eigenvalue weighted by molar-refractivity contribution is -0.151. The van der Waals surface area contributed by atoms with Gasteiger partial charge in [0.05, 0.1) is 0 Å². The summed E-state index contributed by atoms with van der Waals surface area (Å²) in [6.07, 6.45) is 0.689. The smallest absolute Gasteiger partial charge is 0.408 e. The average Bonchev–Trinajstić information content (AvgIpc) is 2.46. The number of alkyl halides is 1. The third kappa shape index (κ3) is 4.50. The van der Waals surface area contributed by atoms with Gasteiger partial charge in [0.2, 0.25) is 0 Å². The number of ether oxygens (including phenoxy) is 2. The normalized spacial score (nSPS) is 28.0. The third-order valence-electron chi connectivity index (χ3n) is 3.73. The van der Waals surface area contributed by atoms with E-state index < -0.39 is 23.2 Å². The maximum atomic E-state index is 12.4. The number of nitrogens with one attached hydrogen (secondary N) is 1. The van der Waals surface area contributed by atoms with Gasteiger partial charge < -0.3 is 14.8 Å². The van der Waals surface area contributed by atoms with E-state index in [-0.39, 0.29) is 17.4 Å². The van der Waals surface area contributed by atoms with Gasteiger partial charge in [0.15, 0.2) is 6.07 Å². The predicted octanol–water partition coefficient (Wildman–Crippen LogP) is 3.45. The van der Waals surface area contributed by atoms with E-state index in [1.807, 2.05) is 6.92 Å². The molecule has 0 bridgehead atoms. The van der Waals surface area contributed by atoms with Crippen molar-refractivity contribution in [3.63, 3.8) is 0 Å². The number of amides is 1. The summed E-state index contributed by atoms with van der Waals surface area (Å²) in [4.78, 5) is 24.5. The molecule has 0 aromatic heterocycles. The second kappa shape index (κ2) is 6.03. The Morgan fingerprint density at radius 2 is 1.90 bits per heavy atom. The fraction of sp³-hybridized carbons (Fsp3) is 0.867. The van der Waals surface area contributed by atoms with Crippen molar-refractivity contribution in [3.05, 3.63) is 0 Å². The standard InChI is InChI=1S/C15H26ClNO4/c1-10-7-14(5,6)8-15(10,11(18)20-9-16)17-12(19)21-13(2,3)4/h10H,7-9H2,1-6H3,(H,17,19). The maximum absolute atomic E-state index is 12.4. The number of carbonyl (C=O) groups excluding carboxylic acids is 2. The second-order valence-corrected chi connectivity index (χ2v) is 7.80. The summed E-state index contributed by atoms with van der Waals surface area (Å²) in [5, 5.41) is 2.74. The van der Waals surface area contributed by atoms with Crippen LogP contribution in [0.4, 0.5) is 4.79 Å². The van der Waals surface area contributed by atoms with E-state index in [1.165, 1.54) is 0 Å². The van der Waals surface area contributed by atoms with E-state index in [0.717, 1.165) is 6.42 Å². The topological polar surface area (TPSA) is 64.6 Å². The van der Waals surface area contributed by atoms with Gasteiger partial charge in [-0.1, -0.05) is 32.4 Å². The first-order valence-corrected chi connectivity index (χ1v) is 7.70. The van der Waals surface area contributed by atoms with Gasteiger partial charge in [0, 0.05) is 0 Å². The minimum Gasteiger partial charge on any atom is -0.448 e. The number of hydrogen-bond acceptors (Lipinski definition) is 4. The van der Waals surface area contributed by atoms with Crippen LogP contribution in [0.5, 0.6) is 0 Å². The molecule has 1 aliphatic carbocycles. The highest BCUT2D eigenvalue weighted by molar-refractivity contribution is 6.17. The van der Waals surface area contributed by atoms with Crippen LogP contribution < -0.4 is 5.32 Å². The zero-order valence-electron chi connectivity index (χ0n) is 13.7. The van der Waals surface area contributed by atoms with Crippen molar-refractivity contribution in [2.24, 2.45) is 11.3 Å². The predicted molar refractivity (Wildman–Crippen MR) is 81.1 cm³/mol. The van der Waals surface area contributed by atoms with Gasteiger partial charge in [-0.15, -0.1) is 0 Å². The summed E-state index contributed by atoms with van der Waals surface area (Å²) in [6, 6.07) is -0.232. The molecule has 0 aromatic rings. The lowest BCUT2D eigenvalue weighted by atomic mass is 9.86. The first kappa shape index (κ1) is 18.1. The van der Waals surface area contributed by atoms with Crippen LogP contribution in [0.3, 0.4) is 0 Å². The molecule has 1 aliphatic rings. The van der Waals surface area contributed by atoms with Gasteiger partial charge in [-0.3, -0.25) is 0 Å². The second-order valence-electron chi connectivity index (χ2n) is 7.59. The van der Waals surface area contributed by atoms with Gasteiger partial charge in [-0.05, 0) is 44.9 Å². The molecule has 2 atom stereocenters. The average molecular weight is 320 g/mol. The van der Waals surface area contributed by atoms with Crippen molar-refractivity contribution in [2.75, 3.05) is 6.07 Å². The maximum Gasteiger partial charge on any atom is 0.408 e. The van der Waals surface area contributed by atoms with E-state index >= 15 is 0 Å².